The first kappa shape index (κ1) is 22.5. The molecule has 3 aromatic rings. The predicted octanol–water partition coefficient (Wildman–Crippen LogP) is 4.36. The quantitative estimate of drug-likeness (QED) is 0.407. The zero-order valence-corrected chi connectivity index (χ0v) is 18.2. The van der Waals surface area contributed by atoms with E-state index in [1.807, 2.05) is 0 Å². The van der Waals surface area contributed by atoms with Gasteiger partial charge in [0, 0.05) is 22.3 Å². The summed E-state index contributed by atoms with van der Waals surface area (Å²) in [6.07, 6.45) is -4.81. The van der Waals surface area contributed by atoms with Gasteiger partial charge in [0.05, 0.1) is 17.0 Å². The summed E-state index contributed by atoms with van der Waals surface area (Å²) in [4.78, 5) is 44.3. The zero-order chi connectivity index (χ0) is 23.8. The van der Waals surface area contributed by atoms with Crippen molar-refractivity contribution in [3.05, 3.63) is 74.5 Å². The summed E-state index contributed by atoms with van der Waals surface area (Å²) in [6, 6.07) is 11.1. The van der Waals surface area contributed by atoms with Gasteiger partial charge in [-0.3, -0.25) is 19.4 Å². The maximum atomic E-state index is 12.9. The number of alkyl halides is 3. The van der Waals surface area contributed by atoms with Crippen LogP contribution < -0.4 is 21.5 Å². The summed E-state index contributed by atoms with van der Waals surface area (Å²) in [6.45, 7) is 0. The van der Waals surface area contributed by atoms with Gasteiger partial charge in [0.25, 0.3) is 5.56 Å². The molecule has 2 aromatic carbocycles. The highest BCUT2D eigenvalue weighted by molar-refractivity contribution is 9.10. The molecule has 1 aromatic heterocycles. The van der Waals surface area contributed by atoms with E-state index in [4.69, 9.17) is 0 Å². The molecule has 170 valence electrons. The normalized spacial score (nSPS) is 15.4. The van der Waals surface area contributed by atoms with E-state index in [0.717, 1.165) is 16.6 Å². The highest BCUT2D eigenvalue weighted by atomic mass is 79.9. The minimum Gasteiger partial charge on any atom is -0.326 e. The number of carbonyl (C=O) groups is 2. The third-order valence-corrected chi connectivity index (χ3v) is 5.36. The third kappa shape index (κ3) is 5.06. The van der Waals surface area contributed by atoms with Crippen molar-refractivity contribution in [3.8, 4) is 0 Å². The van der Waals surface area contributed by atoms with Crippen LogP contribution in [0.3, 0.4) is 0 Å². The van der Waals surface area contributed by atoms with Gasteiger partial charge >= 0.3 is 6.18 Å². The molecule has 4 N–H and O–H groups in total. The summed E-state index contributed by atoms with van der Waals surface area (Å²) in [5.41, 5.74) is -1.13. The molecule has 0 spiro atoms. The average Bonchev–Trinajstić information content (AvgIpc) is 2.74. The highest BCUT2D eigenvalue weighted by Crippen LogP contribution is 2.32. The number of rotatable bonds is 4. The van der Waals surface area contributed by atoms with Crippen molar-refractivity contribution in [2.75, 3.05) is 16.0 Å². The number of aromatic nitrogens is 2. The smallest absolute Gasteiger partial charge is 0.326 e. The lowest BCUT2D eigenvalue weighted by Crippen LogP contribution is -2.36. The lowest BCUT2D eigenvalue weighted by molar-refractivity contribution is -0.137. The SMILES string of the molecule is O=C1CC(C(=O)Nc2ccc(Br)cc2)c2c(nc(Nc3cccc(C(F)(F)F)c3)[nH]c2=O)N1. The second-order valence-corrected chi connectivity index (χ2v) is 8.10. The topological polar surface area (TPSA) is 116 Å². The zero-order valence-electron chi connectivity index (χ0n) is 16.6. The average molecular weight is 522 g/mol. The molecule has 33 heavy (non-hydrogen) atoms. The Morgan fingerprint density at radius 3 is 2.52 bits per heavy atom. The summed E-state index contributed by atoms with van der Waals surface area (Å²) in [5, 5.41) is 7.69. The Bertz CT molecular complexity index is 1290. The van der Waals surface area contributed by atoms with Crippen molar-refractivity contribution >= 4 is 50.9 Å². The van der Waals surface area contributed by atoms with Crippen LogP contribution in [0.2, 0.25) is 0 Å². The van der Waals surface area contributed by atoms with Gasteiger partial charge in [-0.2, -0.15) is 18.2 Å². The molecule has 12 heteroatoms. The van der Waals surface area contributed by atoms with Gasteiger partial charge < -0.3 is 16.0 Å². The number of hydrogen-bond acceptors (Lipinski definition) is 5. The lowest BCUT2D eigenvalue weighted by atomic mass is 9.92. The van der Waals surface area contributed by atoms with Crippen molar-refractivity contribution in [3.63, 3.8) is 0 Å². The molecule has 1 aliphatic rings. The van der Waals surface area contributed by atoms with Gasteiger partial charge in [0.2, 0.25) is 17.8 Å². The van der Waals surface area contributed by atoms with E-state index >= 15 is 0 Å². The fourth-order valence-corrected chi connectivity index (χ4v) is 3.59. The van der Waals surface area contributed by atoms with Crippen molar-refractivity contribution in [1.82, 2.24) is 9.97 Å². The van der Waals surface area contributed by atoms with E-state index in [1.54, 1.807) is 24.3 Å². The van der Waals surface area contributed by atoms with Crippen LogP contribution in [0.15, 0.2) is 57.8 Å². The monoisotopic (exact) mass is 521 g/mol. The van der Waals surface area contributed by atoms with Crippen LogP contribution in [0.25, 0.3) is 0 Å². The molecule has 0 fully saturated rings. The lowest BCUT2D eigenvalue weighted by Gasteiger charge is -2.23. The molecule has 1 atom stereocenters. The van der Waals surface area contributed by atoms with E-state index in [0.29, 0.717) is 5.69 Å². The van der Waals surface area contributed by atoms with Gasteiger partial charge in [0.1, 0.15) is 5.82 Å². The van der Waals surface area contributed by atoms with Crippen LogP contribution in [0, 0.1) is 0 Å². The number of amides is 2. The molecule has 1 aliphatic heterocycles. The number of anilines is 4. The first-order valence-corrected chi connectivity index (χ1v) is 10.3. The molecule has 2 heterocycles. The fraction of sp³-hybridized carbons (Fsp3) is 0.143. The van der Waals surface area contributed by atoms with E-state index in [-0.39, 0.29) is 29.4 Å². The maximum Gasteiger partial charge on any atom is 0.416 e. The van der Waals surface area contributed by atoms with Crippen LogP contribution in [0.1, 0.15) is 23.5 Å². The number of aromatic amines is 1. The summed E-state index contributed by atoms with van der Waals surface area (Å²) in [7, 11) is 0. The van der Waals surface area contributed by atoms with Crippen molar-refractivity contribution < 1.29 is 22.8 Å². The number of carbonyl (C=O) groups excluding carboxylic acids is 2. The molecule has 2 amide bonds. The summed E-state index contributed by atoms with van der Waals surface area (Å²) >= 11 is 3.29. The molecule has 1 unspecified atom stereocenters. The molecule has 4 rings (SSSR count). The van der Waals surface area contributed by atoms with Crippen LogP contribution in [0.4, 0.5) is 36.3 Å². The fourth-order valence-electron chi connectivity index (χ4n) is 3.33. The number of nitrogens with one attached hydrogen (secondary N) is 4. The van der Waals surface area contributed by atoms with Crippen LogP contribution in [0.5, 0.6) is 0 Å². The number of halogens is 4. The largest absolute Gasteiger partial charge is 0.416 e. The number of H-pyrrole nitrogens is 1. The Kier molecular flexibility index (Phi) is 5.93. The van der Waals surface area contributed by atoms with Gasteiger partial charge in [0.15, 0.2) is 0 Å². The number of hydrogen-bond donors (Lipinski definition) is 4. The van der Waals surface area contributed by atoms with Crippen LogP contribution >= 0.6 is 15.9 Å². The number of nitrogens with zero attached hydrogens (tertiary/aromatic N) is 1. The second kappa shape index (κ2) is 8.70. The Labute approximate surface area is 192 Å². The van der Waals surface area contributed by atoms with Gasteiger partial charge in [-0.25, -0.2) is 0 Å². The predicted molar refractivity (Wildman–Crippen MR) is 118 cm³/mol. The molecular weight excluding hydrogens is 507 g/mol. The summed E-state index contributed by atoms with van der Waals surface area (Å²) in [5.74, 6) is -2.52. The second-order valence-electron chi connectivity index (χ2n) is 7.18. The molecule has 0 saturated carbocycles. The highest BCUT2D eigenvalue weighted by Gasteiger charge is 2.35. The standard InChI is InChI=1S/C21H15BrF3N5O3/c22-11-4-6-12(7-5-11)26-18(32)14-9-15(31)28-17-16(14)19(33)30-20(29-17)27-13-3-1-2-10(8-13)21(23,24)25/h1-8,14H,9H2,(H,26,32)(H3,27,28,29,30,31,33). The van der Waals surface area contributed by atoms with E-state index in [9.17, 15) is 27.6 Å². The Morgan fingerprint density at radius 1 is 1.09 bits per heavy atom. The van der Waals surface area contributed by atoms with Crippen LogP contribution in [-0.2, 0) is 15.8 Å². The van der Waals surface area contributed by atoms with Crippen molar-refractivity contribution in [2.24, 2.45) is 0 Å². The van der Waals surface area contributed by atoms with Gasteiger partial charge in [-0.15, -0.1) is 0 Å². The molecule has 0 saturated heterocycles. The molecule has 0 aliphatic carbocycles. The minimum absolute atomic E-state index is 0.0274. The van der Waals surface area contributed by atoms with Gasteiger partial charge in [-0.05, 0) is 42.5 Å². The maximum absolute atomic E-state index is 12.9. The van der Waals surface area contributed by atoms with Crippen molar-refractivity contribution in [2.45, 2.75) is 18.5 Å². The van der Waals surface area contributed by atoms with Gasteiger partial charge in [-0.1, -0.05) is 22.0 Å². The van der Waals surface area contributed by atoms with E-state index in [2.05, 4.69) is 41.8 Å². The number of benzene rings is 2. The Hall–Kier alpha value is -3.67. The Morgan fingerprint density at radius 2 is 1.82 bits per heavy atom. The van der Waals surface area contributed by atoms with E-state index in [1.165, 1.54) is 12.1 Å². The summed E-state index contributed by atoms with van der Waals surface area (Å²) < 4.78 is 39.6. The molecule has 8 nitrogen and oxygen atoms in total. The minimum atomic E-state index is -4.54. The number of fused-ring (bicyclic) bond motifs is 1. The van der Waals surface area contributed by atoms with E-state index < -0.39 is 35.0 Å². The molecule has 0 radical (unpaired) electrons. The Balaban J connectivity index is 1.62. The third-order valence-electron chi connectivity index (χ3n) is 4.83. The molecule has 0 bridgehead atoms. The van der Waals surface area contributed by atoms with Crippen LogP contribution in [-0.4, -0.2) is 21.8 Å². The van der Waals surface area contributed by atoms with Crippen molar-refractivity contribution in [1.29, 1.82) is 0 Å². The molecular formula is C21H15BrF3N5O3. The first-order valence-electron chi connectivity index (χ1n) is 9.55. The first-order chi connectivity index (χ1) is 15.6.